The molecule has 0 bridgehead atoms. The van der Waals surface area contributed by atoms with Gasteiger partial charge in [-0.2, -0.15) is 0 Å². The molecule has 0 fully saturated rings. The Labute approximate surface area is 140 Å². The first-order valence-electron chi connectivity index (χ1n) is 9.26. The zero-order chi connectivity index (χ0) is 16.7. The molecule has 0 N–H and O–H groups in total. The van der Waals surface area contributed by atoms with Gasteiger partial charge >= 0.3 is 0 Å². The molecule has 2 aromatic rings. The number of fused-ring (bicyclic) bond motifs is 1. The summed E-state index contributed by atoms with van der Waals surface area (Å²) in [6.45, 7) is 6.67. The smallest absolute Gasteiger partial charge is 0.231 e. The molecule has 2 rings (SSSR count). The van der Waals surface area contributed by atoms with Gasteiger partial charge in [0, 0.05) is 17.5 Å². The lowest BCUT2D eigenvalue weighted by Crippen LogP contribution is -2.13. The lowest BCUT2D eigenvalue weighted by Gasteiger charge is -2.10. The van der Waals surface area contributed by atoms with Gasteiger partial charge in [0.1, 0.15) is 0 Å². The highest BCUT2D eigenvalue weighted by Crippen LogP contribution is 2.23. The molecule has 1 aromatic carbocycles. The SMILES string of the molecule is CCCCCCc1cc2ccccc2n1C(=O)CCCC(C)C. The molecule has 0 saturated heterocycles. The Bertz CT molecular complexity index is 624. The van der Waals surface area contributed by atoms with E-state index in [1.807, 2.05) is 10.6 Å². The van der Waals surface area contributed by atoms with Crippen molar-refractivity contribution in [2.24, 2.45) is 5.92 Å². The van der Waals surface area contributed by atoms with E-state index in [2.05, 4.69) is 45.0 Å². The van der Waals surface area contributed by atoms with Crippen LogP contribution in [0.25, 0.3) is 10.9 Å². The number of carbonyl (C=O) groups is 1. The Kier molecular flexibility index (Phi) is 6.88. The van der Waals surface area contributed by atoms with Crippen molar-refractivity contribution in [3.8, 4) is 0 Å². The first kappa shape index (κ1) is 17.8. The maximum atomic E-state index is 12.8. The molecule has 126 valence electrons. The van der Waals surface area contributed by atoms with Gasteiger partial charge in [0.05, 0.1) is 5.52 Å². The summed E-state index contributed by atoms with van der Waals surface area (Å²) in [5, 5.41) is 1.19. The van der Waals surface area contributed by atoms with Crippen molar-refractivity contribution in [3.05, 3.63) is 36.0 Å². The van der Waals surface area contributed by atoms with Crippen LogP contribution in [-0.2, 0) is 6.42 Å². The predicted octanol–water partition coefficient (Wildman–Crippen LogP) is 6.23. The Morgan fingerprint density at radius 1 is 1.09 bits per heavy atom. The van der Waals surface area contributed by atoms with E-state index in [-0.39, 0.29) is 5.91 Å². The lowest BCUT2D eigenvalue weighted by atomic mass is 10.1. The van der Waals surface area contributed by atoms with Crippen LogP contribution >= 0.6 is 0 Å². The zero-order valence-corrected chi connectivity index (χ0v) is 15.0. The summed E-state index contributed by atoms with van der Waals surface area (Å²) in [5.41, 5.74) is 2.27. The van der Waals surface area contributed by atoms with Gasteiger partial charge in [-0.3, -0.25) is 9.36 Å². The first-order valence-corrected chi connectivity index (χ1v) is 9.26. The lowest BCUT2D eigenvalue weighted by molar-refractivity contribution is 0.0900. The second kappa shape index (κ2) is 8.90. The Morgan fingerprint density at radius 2 is 1.87 bits per heavy atom. The van der Waals surface area contributed by atoms with E-state index in [0.717, 1.165) is 24.8 Å². The molecule has 2 nitrogen and oxygen atoms in total. The Balaban J connectivity index is 2.15. The molecule has 0 saturated carbocycles. The number of benzene rings is 1. The fourth-order valence-electron chi connectivity index (χ4n) is 3.20. The van der Waals surface area contributed by atoms with Crippen LogP contribution in [0.4, 0.5) is 0 Å². The van der Waals surface area contributed by atoms with Gasteiger partial charge in [-0.05, 0) is 37.3 Å². The van der Waals surface area contributed by atoms with E-state index in [1.165, 1.54) is 36.8 Å². The standard InChI is InChI=1S/C21H31NO/c1-4-5-6-7-13-19-16-18-12-8-9-14-20(18)22(19)21(23)15-10-11-17(2)3/h8-9,12,14,16-17H,4-7,10-11,13,15H2,1-3H3. The molecule has 1 aromatic heterocycles. The van der Waals surface area contributed by atoms with Crippen molar-refractivity contribution in [1.82, 2.24) is 4.57 Å². The van der Waals surface area contributed by atoms with Gasteiger partial charge in [-0.25, -0.2) is 0 Å². The molecular formula is C21H31NO. The Morgan fingerprint density at radius 3 is 2.61 bits per heavy atom. The average Bonchev–Trinajstić information content (AvgIpc) is 2.89. The van der Waals surface area contributed by atoms with E-state index in [1.54, 1.807) is 0 Å². The van der Waals surface area contributed by atoms with Crippen LogP contribution in [0.2, 0.25) is 0 Å². The molecule has 0 unspecified atom stereocenters. The molecule has 0 spiro atoms. The highest BCUT2D eigenvalue weighted by molar-refractivity contribution is 5.93. The summed E-state index contributed by atoms with van der Waals surface area (Å²) in [5.74, 6) is 0.926. The van der Waals surface area contributed by atoms with Crippen molar-refractivity contribution in [1.29, 1.82) is 0 Å². The third-order valence-electron chi connectivity index (χ3n) is 4.49. The topological polar surface area (TPSA) is 22.0 Å². The Hall–Kier alpha value is -1.57. The van der Waals surface area contributed by atoms with E-state index < -0.39 is 0 Å². The second-order valence-electron chi connectivity index (χ2n) is 7.02. The highest BCUT2D eigenvalue weighted by atomic mass is 16.2. The monoisotopic (exact) mass is 313 g/mol. The van der Waals surface area contributed by atoms with Crippen LogP contribution in [0, 0.1) is 5.92 Å². The normalized spacial score (nSPS) is 11.5. The average molecular weight is 313 g/mol. The largest absolute Gasteiger partial charge is 0.284 e. The minimum Gasteiger partial charge on any atom is -0.284 e. The van der Waals surface area contributed by atoms with E-state index in [0.29, 0.717) is 12.3 Å². The van der Waals surface area contributed by atoms with Gasteiger partial charge in [-0.15, -0.1) is 0 Å². The van der Waals surface area contributed by atoms with Crippen molar-refractivity contribution in [2.45, 2.75) is 72.1 Å². The maximum Gasteiger partial charge on any atom is 0.231 e. The first-order chi connectivity index (χ1) is 11.1. The summed E-state index contributed by atoms with van der Waals surface area (Å²) in [6, 6.07) is 10.5. The molecule has 23 heavy (non-hydrogen) atoms. The molecule has 2 heteroatoms. The van der Waals surface area contributed by atoms with Crippen LogP contribution in [-0.4, -0.2) is 10.5 Å². The highest BCUT2D eigenvalue weighted by Gasteiger charge is 2.14. The molecule has 0 amide bonds. The number of rotatable bonds is 9. The van der Waals surface area contributed by atoms with Crippen molar-refractivity contribution < 1.29 is 4.79 Å². The summed E-state index contributed by atoms with van der Waals surface area (Å²) in [6.07, 6.45) is 8.71. The van der Waals surface area contributed by atoms with Crippen LogP contribution in [0.1, 0.15) is 76.2 Å². The summed E-state index contributed by atoms with van der Waals surface area (Å²) >= 11 is 0. The van der Waals surface area contributed by atoms with Gasteiger partial charge in [-0.1, -0.05) is 64.7 Å². The number of nitrogens with zero attached hydrogens (tertiary/aromatic N) is 1. The molecular weight excluding hydrogens is 282 g/mol. The second-order valence-corrected chi connectivity index (χ2v) is 7.02. The summed E-state index contributed by atoms with van der Waals surface area (Å²) in [4.78, 5) is 12.8. The van der Waals surface area contributed by atoms with Crippen molar-refractivity contribution >= 4 is 16.8 Å². The van der Waals surface area contributed by atoms with Crippen LogP contribution in [0.15, 0.2) is 30.3 Å². The minimum absolute atomic E-state index is 0.261. The molecule has 0 aliphatic heterocycles. The molecule has 0 radical (unpaired) electrons. The van der Waals surface area contributed by atoms with Gasteiger partial charge < -0.3 is 0 Å². The van der Waals surface area contributed by atoms with E-state index >= 15 is 0 Å². The third-order valence-corrected chi connectivity index (χ3v) is 4.49. The number of hydrogen-bond donors (Lipinski definition) is 0. The summed E-state index contributed by atoms with van der Waals surface area (Å²) in [7, 11) is 0. The predicted molar refractivity (Wildman–Crippen MR) is 99.1 cm³/mol. The van der Waals surface area contributed by atoms with E-state index in [4.69, 9.17) is 0 Å². The van der Waals surface area contributed by atoms with E-state index in [9.17, 15) is 4.79 Å². The number of para-hydroxylation sites is 1. The summed E-state index contributed by atoms with van der Waals surface area (Å²) < 4.78 is 1.99. The van der Waals surface area contributed by atoms with Crippen molar-refractivity contribution in [2.75, 3.05) is 0 Å². The van der Waals surface area contributed by atoms with Crippen LogP contribution in [0.3, 0.4) is 0 Å². The third kappa shape index (κ3) is 4.95. The number of hydrogen-bond acceptors (Lipinski definition) is 1. The minimum atomic E-state index is 0.261. The fourth-order valence-corrected chi connectivity index (χ4v) is 3.20. The van der Waals surface area contributed by atoms with Gasteiger partial charge in [0.15, 0.2) is 0 Å². The van der Waals surface area contributed by atoms with Crippen LogP contribution in [0.5, 0.6) is 0 Å². The molecule has 0 atom stereocenters. The number of aromatic nitrogens is 1. The number of aryl methyl sites for hydroxylation is 1. The van der Waals surface area contributed by atoms with Crippen LogP contribution < -0.4 is 0 Å². The van der Waals surface area contributed by atoms with Crippen molar-refractivity contribution in [3.63, 3.8) is 0 Å². The van der Waals surface area contributed by atoms with Gasteiger partial charge in [0.2, 0.25) is 5.91 Å². The quantitative estimate of drug-likeness (QED) is 0.503. The fraction of sp³-hybridized carbons (Fsp3) is 0.571. The molecule has 1 heterocycles. The maximum absolute atomic E-state index is 12.8. The zero-order valence-electron chi connectivity index (χ0n) is 15.0. The number of carbonyl (C=O) groups excluding carboxylic acids is 1. The van der Waals surface area contributed by atoms with Gasteiger partial charge in [0.25, 0.3) is 0 Å². The molecule has 0 aliphatic rings. The molecule has 0 aliphatic carbocycles. The number of unbranched alkanes of at least 4 members (excludes halogenated alkanes) is 3.